The van der Waals surface area contributed by atoms with Gasteiger partial charge in [0.1, 0.15) is 0 Å². The predicted octanol–water partition coefficient (Wildman–Crippen LogP) is 2.41. The van der Waals surface area contributed by atoms with Gasteiger partial charge >= 0.3 is 0 Å². The van der Waals surface area contributed by atoms with Gasteiger partial charge in [-0.1, -0.05) is 37.3 Å². The molecule has 13 heavy (non-hydrogen) atoms. The van der Waals surface area contributed by atoms with Crippen LogP contribution in [0.3, 0.4) is 0 Å². The quantitative estimate of drug-likeness (QED) is 0.768. The summed E-state index contributed by atoms with van der Waals surface area (Å²) < 4.78 is 26.8. The number of alkyl halides is 2. The first-order valence-electron chi connectivity index (χ1n) is 4.13. The molecule has 3 heteroatoms. The monoisotopic (exact) mass is 186 g/mol. The Morgan fingerprint density at radius 1 is 1.31 bits per heavy atom. The molecule has 0 aliphatic carbocycles. The van der Waals surface area contributed by atoms with Gasteiger partial charge in [-0.15, -0.1) is 0 Å². The van der Waals surface area contributed by atoms with E-state index in [9.17, 15) is 8.78 Å². The molecule has 1 aromatic carbocycles. The Labute approximate surface area is 76.0 Å². The Balaban J connectivity index is 2.93. The maximum absolute atomic E-state index is 13.4. The Kier molecular flexibility index (Phi) is 2.98. The molecular weight excluding hydrogens is 174 g/mol. The zero-order valence-corrected chi connectivity index (χ0v) is 7.37. The van der Waals surface area contributed by atoms with E-state index in [0.717, 1.165) is 0 Å². The summed E-state index contributed by atoms with van der Waals surface area (Å²) >= 11 is 0. The van der Waals surface area contributed by atoms with Crippen LogP contribution < -0.4 is 0 Å². The molecule has 0 aliphatic rings. The first-order chi connectivity index (χ1) is 6.09. The standard InChI is InChI=1S/C10H12F2O/c1-8(7-13)10(11,12)9-5-3-2-4-6-9/h2-6,8,13H,7H2,1H3. The van der Waals surface area contributed by atoms with Gasteiger partial charge in [-0.3, -0.25) is 0 Å². The number of halogens is 2. The maximum Gasteiger partial charge on any atom is 0.277 e. The molecule has 1 unspecified atom stereocenters. The van der Waals surface area contributed by atoms with Crippen LogP contribution in [0, 0.1) is 5.92 Å². The van der Waals surface area contributed by atoms with Gasteiger partial charge in [-0.05, 0) is 0 Å². The van der Waals surface area contributed by atoms with Crippen molar-refractivity contribution in [2.75, 3.05) is 6.61 Å². The number of benzene rings is 1. The van der Waals surface area contributed by atoms with E-state index < -0.39 is 18.4 Å². The lowest BCUT2D eigenvalue weighted by Crippen LogP contribution is -2.25. The van der Waals surface area contributed by atoms with Crippen LogP contribution in [-0.4, -0.2) is 11.7 Å². The lowest BCUT2D eigenvalue weighted by Gasteiger charge is -2.22. The van der Waals surface area contributed by atoms with E-state index in [1.807, 2.05) is 0 Å². The lowest BCUT2D eigenvalue weighted by molar-refractivity contribution is -0.0753. The SMILES string of the molecule is CC(CO)C(F)(F)c1ccccc1. The molecule has 0 aliphatic heterocycles. The van der Waals surface area contributed by atoms with Gasteiger partial charge in [0, 0.05) is 11.5 Å². The minimum Gasteiger partial charge on any atom is -0.396 e. The van der Waals surface area contributed by atoms with Crippen LogP contribution in [0.2, 0.25) is 0 Å². The van der Waals surface area contributed by atoms with Crippen LogP contribution >= 0.6 is 0 Å². The van der Waals surface area contributed by atoms with E-state index in [2.05, 4.69) is 0 Å². The van der Waals surface area contributed by atoms with E-state index in [4.69, 9.17) is 5.11 Å². The normalized spacial score (nSPS) is 14.2. The summed E-state index contributed by atoms with van der Waals surface area (Å²) in [5, 5.41) is 8.65. The van der Waals surface area contributed by atoms with Crippen molar-refractivity contribution in [3.05, 3.63) is 35.9 Å². The van der Waals surface area contributed by atoms with Crippen molar-refractivity contribution >= 4 is 0 Å². The van der Waals surface area contributed by atoms with Gasteiger partial charge in [-0.25, -0.2) is 8.78 Å². The molecule has 1 atom stereocenters. The van der Waals surface area contributed by atoms with Crippen molar-refractivity contribution < 1.29 is 13.9 Å². The minimum atomic E-state index is -2.95. The van der Waals surface area contributed by atoms with Gasteiger partial charge in [-0.2, -0.15) is 0 Å². The average Bonchev–Trinajstić information content (AvgIpc) is 2.18. The second-order valence-electron chi connectivity index (χ2n) is 3.07. The van der Waals surface area contributed by atoms with Gasteiger partial charge in [0.05, 0.1) is 6.61 Å². The summed E-state index contributed by atoms with van der Waals surface area (Å²) in [4.78, 5) is 0. The number of aliphatic hydroxyl groups is 1. The van der Waals surface area contributed by atoms with Crippen LogP contribution in [0.1, 0.15) is 12.5 Å². The highest BCUT2D eigenvalue weighted by Gasteiger charge is 2.37. The van der Waals surface area contributed by atoms with Crippen LogP contribution in [-0.2, 0) is 5.92 Å². The second kappa shape index (κ2) is 3.83. The number of hydrogen-bond acceptors (Lipinski definition) is 1. The Morgan fingerprint density at radius 3 is 2.31 bits per heavy atom. The Morgan fingerprint density at radius 2 is 1.85 bits per heavy atom. The second-order valence-corrected chi connectivity index (χ2v) is 3.07. The minimum absolute atomic E-state index is 0.0449. The Hall–Kier alpha value is -0.960. The van der Waals surface area contributed by atoms with Crippen LogP contribution in [0.15, 0.2) is 30.3 Å². The van der Waals surface area contributed by atoms with Crippen LogP contribution in [0.25, 0.3) is 0 Å². The van der Waals surface area contributed by atoms with Crippen molar-refractivity contribution in [2.24, 2.45) is 5.92 Å². The largest absolute Gasteiger partial charge is 0.396 e. The third-order valence-corrected chi connectivity index (χ3v) is 2.05. The van der Waals surface area contributed by atoms with E-state index in [0.29, 0.717) is 0 Å². The highest BCUT2D eigenvalue weighted by atomic mass is 19.3. The molecule has 0 radical (unpaired) electrons. The van der Waals surface area contributed by atoms with Gasteiger partial charge in [0.2, 0.25) is 0 Å². The van der Waals surface area contributed by atoms with Crippen molar-refractivity contribution in [1.29, 1.82) is 0 Å². The summed E-state index contributed by atoms with van der Waals surface area (Å²) in [6.07, 6.45) is 0. The highest BCUT2D eigenvalue weighted by molar-refractivity contribution is 5.20. The van der Waals surface area contributed by atoms with Crippen molar-refractivity contribution in [3.63, 3.8) is 0 Å². The van der Waals surface area contributed by atoms with Gasteiger partial charge in [0.25, 0.3) is 5.92 Å². The molecule has 1 rings (SSSR count). The van der Waals surface area contributed by atoms with Crippen molar-refractivity contribution in [3.8, 4) is 0 Å². The molecule has 1 N–H and O–H groups in total. The van der Waals surface area contributed by atoms with Gasteiger partial charge < -0.3 is 5.11 Å². The van der Waals surface area contributed by atoms with Crippen LogP contribution in [0.4, 0.5) is 8.78 Å². The molecule has 72 valence electrons. The molecule has 0 spiro atoms. The highest BCUT2D eigenvalue weighted by Crippen LogP contribution is 2.35. The fraction of sp³-hybridized carbons (Fsp3) is 0.400. The van der Waals surface area contributed by atoms with Crippen molar-refractivity contribution in [2.45, 2.75) is 12.8 Å². The molecule has 1 nitrogen and oxygen atoms in total. The van der Waals surface area contributed by atoms with Crippen LogP contribution in [0.5, 0.6) is 0 Å². The molecule has 0 fully saturated rings. The zero-order chi connectivity index (χ0) is 9.90. The first kappa shape index (κ1) is 10.1. The number of aliphatic hydroxyl groups excluding tert-OH is 1. The van der Waals surface area contributed by atoms with E-state index >= 15 is 0 Å². The van der Waals surface area contributed by atoms with E-state index in [1.165, 1.54) is 19.1 Å². The first-order valence-corrected chi connectivity index (χ1v) is 4.13. The summed E-state index contributed by atoms with van der Waals surface area (Å²) in [5.41, 5.74) is -0.0449. The summed E-state index contributed by atoms with van der Waals surface area (Å²) in [7, 11) is 0. The maximum atomic E-state index is 13.4. The van der Waals surface area contributed by atoms with E-state index in [-0.39, 0.29) is 5.56 Å². The average molecular weight is 186 g/mol. The van der Waals surface area contributed by atoms with Gasteiger partial charge in [0.15, 0.2) is 0 Å². The summed E-state index contributed by atoms with van der Waals surface area (Å²) in [6.45, 7) is 0.814. The third-order valence-electron chi connectivity index (χ3n) is 2.05. The topological polar surface area (TPSA) is 20.2 Å². The molecule has 0 heterocycles. The summed E-state index contributed by atoms with van der Waals surface area (Å²) in [6, 6.07) is 7.54. The number of rotatable bonds is 3. The molecule has 0 saturated carbocycles. The molecule has 0 aromatic heterocycles. The fourth-order valence-electron chi connectivity index (χ4n) is 1.06. The molecule has 0 saturated heterocycles. The predicted molar refractivity (Wildman–Crippen MR) is 46.6 cm³/mol. The summed E-state index contributed by atoms with van der Waals surface area (Å²) in [5.74, 6) is -3.99. The van der Waals surface area contributed by atoms with E-state index in [1.54, 1.807) is 18.2 Å². The molecule has 0 bridgehead atoms. The fourth-order valence-corrected chi connectivity index (χ4v) is 1.06. The zero-order valence-electron chi connectivity index (χ0n) is 7.37. The molecule has 0 amide bonds. The molecule has 1 aromatic rings. The Bertz CT molecular complexity index is 259. The molecular formula is C10H12F2O. The smallest absolute Gasteiger partial charge is 0.277 e. The number of hydrogen-bond donors (Lipinski definition) is 1. The lowest BCUT2D eigenvalue weighted by atomic mass is 9.97. The van der Waals surface area contributed by atoms with Crippen molar-refractivity contribution in [1.82, 2.24) is 0 Å². The third kappa shape index (κ3) is 2.04.